The molecule has 1 heterocycles. The first-order chi connectivity index (χ1) is 8.72. The molecule has 0 unspecified atom stereocenters. The Morgan fingerprint density at radius 1 is 1.33 bits per heavy atom. The molecule has 96 valence electrons. The summed E-state index contributed by atoms with van der Waals surface area (Å²) in [5, 5.41) is 4.19. The standard InChI is InChI=1S/C15H20N2O/c1-3-15(18)16-9-6-10-17-12(2)11-13-7-4-5-8-14(13)17/h4-5,7-8,11H,3,6,9-10H2,1-2H3,(H,16,18). The van der Waals surface area contributed by atoms with E-state index in [-0.39, 0.29) is 5.91 Å². The molecule has 0 saturated carbocycles. The third kappa shape index (κ3) is 2.73. The van der Waals surface area contributed by atoms with E-state index in [2.05, 4.69) is 47.1 Å². The average molecular weight is 244 g/mol. The second-order valence-electron chi connectivity index (χ2n) is 4.55. The highest BCUT2D eigenvalue weighted by Crippen LogP contribution is 2.19. The minimum Gasteiger partial charge on any atom is -0.356 e. The lowest BCUT2D eigenvalue weighted by molar-refractivity contribution is -0.120. The van der Waals surface area contributed by atoms with E-state index in [1.165, 1.54) is 16.6 Å². The van der Waals surface area contributed by atoms with E-state index < -0.39 is 0 Å². The fourth-order valence-electron chi connectivity index (χ4n) is 2.24. The number of fused-ring (bicyclic) bond motifs is 1. The SMILES string of the molecule is CCC(=O)NCCCn1c(C)cc2ccccc21. The van der Waals surface area contributed by atoms with Crippen LogP contribution in [0.3, 0.4) is 0 Å². The van der Waals surface area contributed by atoms with Gasteiger partial charge in [0.2, 0.25) is 5.91 Å². The van der Waals surface area contributed by atoms with Crippen molar-refractivity contribution in [2.45, 2.75) is 33.2 Å². The molecule has 0 fully saturated rings. The van der Waals surface area contributed by atoms with Gasteiger partial charge in [0.15, 0.2) is 0 Å². The fraction of sp³-hybridized carbons (Fsp3) is 0.400. The summed E-state index contributed by atoms with van der Waals surface area (Å²) in [6.45, 7) is 5.70. The summed E-state index contributed by atoms with van der Waals surface area (Å²) in [6, 6.07) is 10.6. The van der Waals surface area contributed by atoms with Crippen molar-refractivity contribution in [2.24, 2.45) is 0 Å². The van der Waals surface area contributed by atoms with Crippen molar-refractivity contribution >= 4 is 16.8 Å². The Hall–Kier alpha value is -1.77. The number of hydrogen-bond acceptors (Lipinski definition) is 1. The quantitative estimate of drug-likeness (QED) is 0.806. The van der Waals surface area contributed by atoms with Gasteiger partial charge in [0.05, 0.1) is 0 Å². The van der Waals surface area contributed by atoms with Crippen LogP contribution in [0.2, 0.25) is 0 Å². The number of aromatic nitrogens is 1. The zero-order valence-electron chi connectivity index (χ0n) is 11.1. The molecule has 0 aliphatic heterocycles. The maximum Gasteiger partial charge on any atom is 0.219 e. The molecule has 3 heteroatoms. The van der Waals surface area contributed by atoms with E-state index in [4.69, 9.17) is 0 Å². The van der Waals surface area contributed by atoms with Gasteiger partial charge in [-0.15, -0.1) is 0 Å². The summed E-state index contributed by atoms with van der Waals surface area (Å²) in [5.41, 5.74) is 2.55. The van der Waals surface area contributed by atoms with Crippen LogP contribution in [-0.4, -0.2) is 17.0 Å². The number of benzene rings is 1. The predicted octanol–water partition coefficient (Wildman–Crippen LogP) is 2.87. The van der Waals surface area contributed by atoms with Gasteiger partial charge >= 0.3 is 0 Å². The lowest BCUT2D eigenvalue weighted by atomic mass is 10.2. The first-order valence-electron chi connectivity index (χ1n) is 6.54. The molecule has 0 aliphatic rings. The maximum atomic E-state index is 11.1. The van der Waals surface area contributed by atoms with Crippen LogP contribution >= 0.6 is 0 Å². The van der Waals surface area contributed by atoms with Gasteiger partial charge in [-0.3, -0.25) is 4.79 Å². The summed E-state index contributed by atoms with van der Waals surface area (Å²) in [7, 11) is 0. The minimum absolute atomic E-state index is 0.129. The highest BCUT2D eigenvalue weighted by Gasteiger charge is 2.04. The topological polar surface area (TPSA) is 34.0 Å². The average Bonchev–Trinajstić information content (AvgIpc) is 2.70. The molecule has 3 nitrogen and oxygen atoms in total. The van der Waals surface area contributed by atoms with Crippen LogP contribution in [0.5, 0.6) is 0 Å². The normalized spacial score (nSPS) is 10.8. The molecule has 1 amide bonds. The largest absolute Gasteiger partial charge is 0.356 e. The second kappa shape index (κ2) is 5.71. The number of rotatable bonds is 5. The third-order valence-electron chi connectivity index (χ3n) is 3.22. The molecule has 0 spiro atoms. The molecule has 1 aromatic heterocycles. The van der Waals surface area contributed by atoms with E-state index in [0.29, 0.717) is 6.42 Å². The Balaban J connectivity index is 1.99. The molecule has 1 N–H and O–H groups in total. The summed E-state index contributed by atoms with van der Waals surface area (Å²) < 4.78 is 2.31. The monoisotopic (exact) mass is 244 g/mol. The highest BCUT2D eigenvalue weighted by atomic mass is 16.1. The van der Waals surface area contributed by atoms with Gasteiger partial charge in [-0.2, -0.15) is 0 Å². The van der Waals surface area contributed by atoms with E-state index >= 15 is 0 Å². The molecule has 0 saturated heterocycles. The van der Waals surface area contributed by atoms with E-state index in [9.17, 15) is 4.79 Å². The van der Waals surface area contributed by atoms with Gasteiger partial charge in [-0.1, -0.05) is 25.1 Å². The fourth-order valence-corrected chi connectivity index (χ4v) is 2.24. The van der Waals surface area contributed by atoms with E-state index in [1.807, 2.05) is 6.92 Å². The van der Waals surface area contributed by atoms with E-state index in [0.717, 1.165) is 19.5 Å². The minimum atomic E-state index is 0.129. The number of aryl methyl sites for hydroxylation is 2. The first-order valence-corrected chi connectivity index (χ1v) is 6.54. The van der Waals surface area contributed by atoms with Crippen molar-refractivity contribution in [1.29, 1.82) is 0 Å². The molecule has 18 heavy (non-hydrogen) atoms. The zero-order valence-corrected chi connectivity index (χ0v) is 11.1. The summed E-state index contributed by atoms with van der Waals surface area (Å²) in [6.07, 6.45) is 1.52. The van der Waals surface area contributed by atoms with Gasteiger partial charge in [0, 0.05) is 30.7 Å². The van der Waals surface area contributed by atoms with Crippen molar-refractivity contribution in [1.82, 2.24) is 9.88 Å². The van der Waals surface area contributed by atoms with Crippen molar-refractivity contribution < 1.29 is 4.79 Å². The first kappa shape index (κ1) is 12.7. The Morgan fingerprint density at radius 3 is 2.89 bits per heavy atom. The number of carbonyl (C=O) groups is 1. The Bertz CT molecular complexity index is 542. The third-order valence-corrected chi connectivity index (χ3v) is 3.22. The van der Waals surface area contributed by atoms with Crippen LogP contribution < -0.4 is 5.32 Å². The number of nitrogens with one attached hydrogen (secondary N) is 1. The van der Waals surface area contributed by atoms with Crippen molar-refractivity contribution in [2.75, 3.05) is 6.54 Å². The van der Waals surface area contributed by atoms with Crippen LogP contribution in [0.25, 0.3) is 10.9 Å². The van der Waals surface area contributed by atoms with Gasteiger partial charge in [0.1, 0.15) is 0 Å². The predicted molar refractivity (Wildman–Crippen MR) is 74.6 cm³/mol. The highest BCUT2D eigenvalue weighted by molar-refractivity contribution is 5.81. The van der Waals surface area contributed by atoms with Crippen LogP contribution in [-0.2, 0) is 11.3 Å². The van der Waals surface area contributed by atoms with Crippen LogP contribution in [0.4, 0.5) is 0 Å². The number of para-hydroxylation sites is 1. The molecule has 1 aromatic carbocycles. The molecular weight excluding hydrogens is 224 g/mol. The zero-order chi connectivity index (χ0) is 13.0. The summed E-state index contributed by atoms with van der Waals surface area (Å²) in [5.74, 6) is 0.129. The molecule has 0 aliphatic carbocycles. The van der Waals surface area contributed by atoms with Gasteiger partial charge in [-0.25, -0.2) is 0 Å². The van der Waals surface area contributed by atoms with Crippen LogP contribution in [0.1, 0.15) is 25.5 Å². The van der Waals surface area contributed by atoms with Gasteiger partial charge < -0.3 is 9.88 Å². The summed E-state index contributed by atoms with van der Waals surface area (Å²) >= 11 is 0. The lowest BCUT2D eigenvalue weighted by Crippen LogP contribution is -2.24. The Kier molecular flexibility index (Phi) is 4.03. The summed E-state index contributed by atoms with van der Waals surface area (Å²) in [4.78, 5) is 11.1. The lowest BCUT2D eigenvalue weighted by Gasteiger charge is -2.08. The smallest absolute Gasteiger partial charge is 0.219 e. The van der Waals surface area contributed by atoms with Crippen molar-refractivity contribution in [3.63, 3.8) is 0 Å². The maximum absolute atomic E-state index is 11.1. The Labute approximate surface area is 108 Å². The molecule has 2 aromatic rings. The van der Waals surface area contributed by atoms with Crippen LogP contribution in [0, 0.1) is 6.92 Å². The molecule has 0 radical (unpaired) electrons. The molecule has 0 atom stereocenters. The molecule has 0 bridgehead atoms. The van der Waals surface area contributed by atoms with Crippen molar-refractivity contribution in [3.8, 4) is 0 Å². The van der Waals surface area contributed by atoms with Crippen LogP contribution in [0.15, 0.2) is 30.3 Å². The second-order valence-corrected chi connectivity index (χ2v) is 4.55. The molecular formula is C15H20N2O. The Morgan fingerprint density at radius 2 is 2.11 bits per heavy atom. The number of nitrogens with zero attached hydrogens (tertiary/aromatic N) is 1. The molecule has 2 rings (SSSR count). The number of hydrogen-bond donors (Lipinski definition) is 1. The number of carbonyl (C=O) groups excluding carboxylic acids is 1. The van der Waals surface area contributed by atoms with Gasteiger partial charge in [-0.05, 0) is 30.9 Å². The van der Waals surface area contributed by atoms with Gasteiger partial charge in [0.25, 0.3) is 0 Å². The number of amides is 1. The van der Waals surface area contributed by atoms with Crippen molar-refractivity contribution in [3.05, 3.63) is 36.0 Å². The van der Waals surface area contributed by atoms with E-state index in [1.54, 1.807) is 0 Å².